The number of unbranched alkanes of at least 4 members (excludes halogenated alkanes) is 9. The molecule has 0 radical (unpaired) electrons. The fraction of sp³-hybridized carbons (Fsp3) is 0.933. The Morgan fingerprint density at radius 2 is 1.21 bits per heavy atom. The normalized spacial score (nSPS) is 10.5. The zero-order valence-electron chi connectivity index (χ0n) is 14.2. The molecular formula is C15H34NNaO6S. The molecule has 0 saturated heterocycles. The zero-order chi connectivity index (χ0) is 18.0. The quantitative estimate of drug-likeness (QED) is 0.208. The Kier molecular flexibility index (Phi) is 25.9. The van der Waals surface area contributed by atoms with Gasteiger partial charge in [-0.15, -0.1) is 0 Å². The van der Waals surface area contributed by atoms with E-state index < -0.39 is 16.4 Å². The SMILES string of the molecule is CCCCCCCCCCCCNCCC(=O)O.O=S(=O)(O)O.[NaH]. The molecule has 7 nitrogen and oxygen atoms in total. The maximum absolute atomic E-state index is 10.3. The van der Waals surface area contributed by atoms with E-state index in [1.165, 1.54) is 64.2 Å². The monoisotopic (exact) mass is 379 g/mol. The molecule has 0 spiro atoms. The van der Waals surface area contributed by atoms with Crippen LogP contribution in [0.4, 0.5) is 0 Å². The van der Waals surface area contributed by atoms with Gasteiger partial charge in [0.2, 0.25) is 0 Å². The van der Waals surface area contributed by atoms with Crippen molar-refractivity contribution in [3.8, 4) is 0 Å². The van der Waals surface area contributed by atoms with Crippen molar-refractivity contribution < 1.29 is 27.4 Å². The van der Waals surface area contributed by atoms with Crippen LogP contribution in [0.1, 0.15) is 77.6 Å². The minimum atomic E-state index is -4.67. The van der Waals surface area contributed by atoms with E-state index in [1.807, 2.05) is 0 Å². The third kappa shape index (κ3) is 43.2. The van der Waals surface area contributed by atoms with Gasteiger partial charge in [0.1, 0.15) is 0 Å². The standard InChI is InChI=1S/C15H31NO2.Na.H2O4S.H/c1-2-3-4-5-6-7-8-9-10-11-13-16-14-12-15(17)18;;1-5(2,3)4;/h16H,2-14H2,1H3,(H,17,18);;(H2,1,2,3,4);. The molecule has 0 fully saturated rings. The Labute approximate surface area is 168 Å². The average Bonchev–Trinajstić information content (AvgIpc) is 2.42. The van der Waals surface area contributed by atoms with Gasteiger partial charge in [-0.25, -0.2) is 0 Å². The molecule has 24 heavy (non-hydrogen) atoms. The summed E-state index contributed by atoms with van der Waals surface area (Å²) in [6, 6.07) is 0. The van der Waals surface area contributed by atoms with Crippen molar-refractivity contribution in [3.05, 3.63) is 0 Å². The third-order valence-corrected chi connectivity index (χ3v) is 3.22. The third-order valence-electron chi connectivity index (χ3n) is 3.22. The van der Waals surface area contributed by atoms with Crippen molar-refractivity contribution in [1.82, 2.24) is 5.32 Å². The molecule has 0 aliphatic heterocycles. The van der Waals surface area contributed by atoms with Gasteiger partial charge in [-0.2, -0.15) is 8.42 Å². The van der Waals surface area contributed by atoms with E-state index in [2.05, 4.69) is 12.2 Å². The van der Waals surface area contributed by atoms with Crippen molar-refractivity contribution in [3.63, 3.8) is 0 Å². The zero-order valence-corrected chi connectivity index (χ0v) is 15.0. The first-order valence-electron chi connectivity index (χ1n) is 8.39. The summed E-state index contributed by atoms with van der Waals surface area (Å²) < 4.78 is 31.6. The molecule has 0 unspecified atom stereocenters. The van der Waals surface area contributed by atoms with Crippen LogP contribution in [0.15, 0.2) is 0 Å². The molecule has 9 heteroatoms. The summed E-state index contributed by atoms with van der Waals surface area (Å²) in [4.78, 5) is 10.3. The van der Waals surface area contributed by atoms with E-state index in [1.54, 1.807) is 0 Å². The van der Waals surface area contributed by atoms with Crippen molar-refractivity contribution in [2.24, 2.45) is 0 Å². The number of aliphatic carboxylic acids is 1. The molecule has 0 aliphatic carbocycles. The van der Waals surface area contributed by atoms with Gasteiger partial charge in [0, 0.05) is 6.54 Å². The van der Waals surface area contributed by atoms with Crippen LogP contribution in [-0.4, -0.2) is 71.2 Å². The second-order valence-electron chi connectivity index (χ2n) is 5.52. The van der Waals surface area contributed by atoms with Crippen LogP contribution in [0.2, 0.25) is 0 Å². The van der Waals surface area contributed by atoms with E-state index in [0.717, 1.165) is 6.54 Å². The number of rotatable bonds is 14. The summed E-state index contributed by atoms with van der Waals surface area (Å²) in [5.41, 5.74) is 0. The van der Waals surface area contributed by atoms with Crippen molar-refractivity contribution in [1.29, 1.82) is 0 Å². The summed E-state index contributed by atoms with van der Waals surface area (Å²) in [5.74, 6) is -0.717. The van der Waals surface area contributed by atoms with Gasteiger partial charge < -0.3 is 10.4 Å². The van der Waals surface area contributed by atoms with E-state index >= 15 is 0 Å². The fourth-order valence-electron chi connectivity index (χ4n) is 2.06. The first-order chi connectivity index (χ1) is 10.8. The molecule has 0 aromatic carbocycles. The average molecular weight is 379 g/mol. The van der Waals surface area contributed by atoms with Crippen molar-refractivity contribution in [2.45, 2.75) is 77.6 Å². The number of carbonyl (C=O) groups is 1. The summed E-state index contributed by atoms with van der Waals surface area (Å²) >= 11 is 0. The fourth-order valence-corrected chi connectivity index (χ4v) is 2.06. The molecule has 0 aromatic heterocycles. The van der Waals surface area contributed by atoms with E-state index in [9.17, 15) is 4.79 Å². The van der Waals surface area contributed by atoms with Crippen LogP contribution in [0.25, 0.3) is 0 Å². The second-order valence-corrected chi connectivity index (χ2v) is 6.42. The van der Waals surface area contributed by atoms with Crippen molar-refractivity contribution in [2.75, 3.05) is 13.1 Å². The molecule has 0 saturated carbocycles. The molecule has 0 heterocycles. The topological polar surface area (TPSA) is 124 Å². The summed E-state index contributed by atoms with van der Waals surface area (Å²) in [5, 5.41) is 11.6. The van der Waals surface area contributed by atoms with E-state index in [0.29, 0.717) is 6.54 Å². The molecule has 142 valence electrons. The van der Waals surface area contributed by atoms with Gasteiger partial charge >= 0.3 is 45.9 Å². The molecule has 0 rings (SSSR count). The Bertz CT molecular complexity index is 357. The minimum absolute atomic E-state index is 0. The van der Waals surface area contributed by atoms with Gasteiger partial charge in [0.15, 0.2) is 0 Å². The number of carboxylic acid groups (broad SMARTS) is 1. The van der Waals surface area contributed by atoms with Gasteiger partial charge in [-0.1, -0.05) is 64.7 Å². The Morgan fingerprint density at radius 3 is 1.58 bits per heavy atom. The number of hydrogen-bond acceptors (Lipinski definition) is 4. The molecule has 4 N–H and O–H groups in total. The Hall–Kier alpha value is 0.300. The molecule has 0 amide bonds. The molecule has 0 atom stereocenters. The predicted molar refractivity (Wildman–Crippen MR) is 98.3 cm³/mol. The van der Waals surface area contributed by atoms with Crippen LogP contribution in [0.3, 0.4) is 0 Å². The molecule has 0 bridgehead atoms. The number of nitrogens with one attached hydrogen (secondary N) is 1. The first kappa shape index (κ1) is 29.1. The number of carboxylic acids is 1. The molecular weight excluding hydrogens is 345 g/mol. The number of hydrogen-bond donors (Lipinski definition) is 4. The van der Waals surface area contributed by atoms with Crippen LogP contribution in [0, 0.1) is 0 Å². The van der Waals surface area contributed by atoms with Crippen LogP contribution in [0.5, 0.6) is 0 Å². The van der Waals surface area contributed by atoms with Crippen LogP contribution >= 0.6 is 0 Å². The molecule has 0 aromatic rings. The van der Waals surface area contributed by atoms with Gasteiger partial charge in [-0.05, 0) is 13.0 Å². The molecule has 0 aliphatic rings. The summed E-state index contributed by atoms with van der Waals surface area (Å²) in [7, 11) is -4.67. The van der Waals surface area contributed by atoms with E-state index in [-0.39, 0.29) is 36.0 Å². The van der Waals surface area contributed by atoms with Gasteiger partial charge in [-0.3, -0.25) is 13.9 Å². The summed E-state index contributed by atoms with van der Waals surface area (Å²) in [6.07, 6.45) is 13.7. The van der Waals surface area contributed by atoms with Crippen LogP contribution in [-0.2, 0) is 15.2 Å². The maximum atomic E-state index is 10.3. The Morgan fingerprint density at radius 1 is 0.833 bits per heavy atom. The Balaban J connectivity index is -0.000000639. The van der Waals surface area contributed by atoms with Crippen LogP contribution < -0.4 is 5.32 Å². The second kappa shape index (κ2) is 21.3. The van der Waals surface area contributed by atoms with Gasteiger partial charge in [0.25, 0.3) is 0 Å². The van der Waals surface area contributed by atoms with Gasteiger partial charge in [0.05, 0.1) is 6.42 Å². The van der Waals surface area contributed by atoms with E-state index in [4.69, 9.17) is 22.6 Å². The predicted octanol–water partition coefficient (Wildman–Crippen LogP) is 2.67. The van der Waals surface area contributed by atoms with Crippen molar-refractivity contribution >= 4 is 45.9 Å². The first-order valence-corrected chi connectivity index (χ1v) is 9.79. The summed E-state index contributed by atoms with van der Waals surface area (Å²) in [6.45, 7) is 3.82.